The molecule has 1 aromatic carbocycles. The van der Waals surface area contributed by atoms with Gasteiger partial charge in [-0.2, -0.15) is 0 Å². The number of hydrogen-bond acceptors (Lipinski definition) is 2. The third-order valence-electron chi connectivity index (χ3n) is 3.47. The largest absolute Gasteiger partial charge is 0.391 e. The van der Waals surface area contributed by atoms with Crippen molar-refractivity contribution in [3.05, 3.63) is 30.1 Å². The van der Waals surface area contributed by atoms with Crippen molar-refractivity contribution in [2.45, 2.75) is 38.2 Å². The van der Waals surface area contributed by atoms with Crippen LogP contribution in [0.2, 0.25) is 0 Å². The highest BCUT2D eigenvalue weighted by atomic mass is 19.1. The number of nitrogens with one attached hydrogen (secondary N) is 1. The lowest BCUT2D eigenvalue weighted by atomic mass is 10.00. The van der Waals surface area contributed by atoms with Crippen LogP contribution in [0.15, 0.2) is 24.3 Å². The molecule has 0 aromatic heterocycles. The highest BCUT2D eigenvalue weighted by molar-refractivity contribution is 5.42. The Hall–Kier alpha value is -1.09. The molecule has 1 atom stereocenters. The Morgan fingerprint density at radius 1 is 1.24 bits per heavy atom. The highest BCUT2D eigenvalue weighted by Gasteiger charge is 2.18. The number of halogens is 1. The number of aliphatic hydroxyl groups is 1. The second kappa shape index (κ2) is 6.01. The maximum atomic E-state index is 12.7. The SMILES string of the molecule is OC(CNc1ccc(F)cc1)CC1CCCC1. The summed E-state index contributed by atoms with van der Waals surface area (Å²) in [7, 11) is 0. The van der Waals surface area contributed by atoms with Gasteiger partial charge < -0.3 is 10.4 Å². The van der Waals surface area contributed by atoms with E-state index in [1.165, 1.54) is 37.8 Å². The molecule has 3 heteroatoms. The molecule has 0 spiro atoms. The summed E-state index contributed by atoms with van der Waals surface area (Å²) >= 11 is 0. The van der Waals surface area contributed by atoms with Crippen LogP contribution >= 0.6 is 0 Å². The van der Waals surface area contributed by atoms with Crippen LogP contribution in [-0.4, -0.2) is 17.8 Å². The molecule has 2 rings (SSSR count). The molecule has 2 N–H and O–H groups in total. The van der Waals surface area contributed by atoms with Gasteiger partial charge in [-0.05, 0) is 36.6 Å². The van der Waals surface area contributed by atoms with E-state index in [4.69, 9.17) is 0 Å². The molecule has 1 aliphatic rings. The fraction of sp³-hybridized carbons (Fsp3) is 0.571. The molecule has 94 valence electrons. The summed E-state index contributed by atoms with van der Waals surface area (Å²) in [4.78, 5) is 0. The maximum Gasteiger partial charge on any atom is 0.123 e. The first-order chi connectivity index (χ1) is 8.24. The Morgan fingerprint density at radius 3 is 2.53 bits per heavy atom. The zero-order chi connectivity index (χ0) is 12.1. The van der Waals surface area contributed by atoms with Gasteiger partial charge in [0.15, 0.2) is 0 Å². The summed E-state index contributed by atoms with van der Waals surface area (Å²) < 4.78 is 12.7. The van der Waals surface area contributed by atoms with Crippen molar-refractivity contribution in [1.82, 2.24) is 0 Å². The first-order valence-electron chi connectivity index (χ1n) is 6.41. The highest BCUT2D eigenvalue weighted by Crippen LogP contribution is 2.28. The van der Waals surface area contributed by atoms with Crippen molar-refractivity contribution in [3.8, 4) is 0 Å². The zero-order valence-electron chi connectivity index (χ0n) is 10.0. The summed E-state index contributed by atoms with van der Waals surface area (Å²) in [6, 6.07) is 6.23. The third-order valence-corrected chi connectivity index (χ3v) is 3.47. The van der Waals surface area contributed by atoms with Crippen LogP contribution in [0.4, 0.5) is 10.1 Å². The maximum absolute atomic E-state index is 12.7. The molecule has 0 aliphatic heterocycles. The Balaban J connectivity index is 1.71. The Bertz CT molecular complexity index is 333. The minimum absolute atomic E-state index is 0.234. The van der Waals surface area contributed by atoms with E-state index in [1.54, 1.807) is 12.1 Å². The topological polar surface area (TPSA) is 32.3 Å². The quantitative estimate of drug-likeness (QED) is 0.824. The van der Waals surface area contributed by atoms with Gasteiger partial charge in [-0.25, -0.2) is 4.39 Å². The lowest BCUT2D eigenvalue weighted by molar-refractivity contribution is 0.155. The monoisotopic (exact) mass is 237 g/mol. The molecular weight excluding hydrogens is 217 g/mol. The van der Waals surface area contributed by atoms with Crippen molar-refractivity contribution in [2.24, 2.45) is 5.92 Å². The van der Waals surface area contributed by atoms with E-state index < -0.39 is 0 Å². The molecule has 0 amide bonds. The summed E-state index contributed by atoms with van der Waals surface area (Å²) in [5, 5.41) is 13.0. The number of hydrogen-bond donors (Lipinski definition) is 2. The van der Waals surface area contributed by atoms with E-state index in [2.05, 4.69) is 5.32 Å². The molecule has 0 saturated heterocycles. The smallest absolute Gasteiger partial charge is 0.123 e. The molecule has 2 nitrogen and oxygen atoms in total. The second-order valence-electron chi connectivity index (χ2n) is 4.93. The summed E-state index contributed by atoms with van der Waals surface area (Å²) in [5.41, 5.74) is 0.858. The van der Waals surface area contributed by atoms with Crippen molar-refractivity contribution in [1.29, 1.82) is 0 Å². The van der Waals surface area contributed by atoms with Crippen LogP contribution in [0.1, 0.15) is 32.1 Å². The average Bonchev–Trinajstić information content (AvgIpc) is 2.81. The van der Waals surface area contributed by atoms with Crippen LogP contribution in [-0.2, 0) is 0 Å². The van der Waals surface area contributed by atoms with Gasteiger partial charge in [0.25, 0.3) is 0 Å². The Morgan fingerprint density at radius 2 is 1.88 bits per heavy atom. The molecule has 17 heavy (non-hydrogen) atoms. The normalized spacial score (nSPS) is 18.2. The van der Waals surface area contributed by atoms with E-state index in [0.717, 1.165) is 12.1 Å². The molecule has 1 aromatic rings. The fourth-order valence-corrected chi connectivity index (χ4v) is 2.52. The van der Waals surface area contributed by atoms with Gasteiger partial charge in [0, 0.05) is 12.2 Å². The molecule has 0 heterocycles. The average molecular weight is 237 g/mol. The summed E-state index contributed by atoms with van der Waals surface area (Å²) in [6.07, 6.45) is 5.71. The van der Waals surface area contributed by atoms with Crippen LogP contribution in [0.5, 0.6) is 0 Å². The van der Waals surface area contributed by atoms with Gasteiger partial charge in [-0.1, -0.05) is 25.7 Å². The van der Waals surface area contributed by atoms with Gasteiger partial charge in [0.1, 0.15) is 5.82 Å². The van der Waals surface area contributed by atoms with Crippen LogP contribution in [0.3, 0.4) is 0 Å². The molecule has 1 saturated carbocycles. The fourth-order valence-electron chi connectivity index (χ4n) is 2.52. The first kappa shape index (κ1) is 12.4. The third kappa shape index (κ3) is 4.00. The van der Waals surface area contributed by atoms with Crippen molar-refractivity contribution in [3.63, 3.8) is 0 Å². The second-order valence-corrected chi connectivity index (χ2v) is 4.93. The number of rotatable bonds is 5. The molecule has 1 fully saturated rings. The molecule has 1 unspecified atom stereocenters. The van der Waals surface area contributed by atoms with E-state index in [-0.39, 0.29) is 11.9 Å². The Labute approximate surface area is 102 Å². The van der Waals surface area contributed by atoms with Crippen molar-refractivity contribution >= 4 is 5.69 Å². The van der Waals surface area contributed by atoms with Gasteiger partial charge >= 0.3 is 0 Å². The zero-order valence-corrected chi connectivity index (χ0v) is 10.0. The molecular formula is C14H20FNO. The summed E-state index contributed by atoms with van der Waals surface area (Å²) in [6.45, 7) is 0.544. The van der Waals surface area contributed by atoms with Crippen LogP contribution in [0.25, 0.3) is 0 Å². The van der Waals surface area contributed by atoms with Crippen molar-refractivity contribution < 1.29 is 9.50 Å². The first-order valence-corrected chi connectivity index (χ1v) is 6.41. The minimum atomic E-state index is -0.303. The number of aliphatic hydroxyl groups excluding tert-OH is 1. The predicted molar refractivity (Wildman–Crippen MR) is 67.5 cm³/mol. The van der Waals surface area contributed by atoms with Crippen LogP contribution < -0.4 is 5.32 Å². The summed E-state index contributed by atoms with van der Waals surface area (Å²) in [5.74, 6) is 0.460. The molecule has 0 bridgehead atoms. The lowest BCUT2D eigenvalue weighted by Crippen LogP contribution is -2.21. The van der Waals surface area contributed by atoms with Crippen molar-refractivity contribution in [2.75, 3.05) is 11.9 Å². The van der Waals surface area contributed by atoms with E-state index in [0.29, 0.717) is 12.5 Å². The van der Waals surface area contributed by atoms with Gasteiger partial charge in [0.05, 0.1) is 6.10 Å². The van der Waals surface area contributed by atoms with Gasteiger partial charge in [-0.15, -0.1) is 0 Å². The van der Waals surface area contributed by atoms with Gasteiger partial charge in [0.2, 0.25) is 0 Å². The number of anilines is 1. The molecule has 1 aliphatic carbocycles. The standard InChI is InChI=1S/C14H20FNO/c15-12-5-7-13(8-6-12)16-10-14(17)9-11-3-1-2-4-11/h5-8,11,14,16-17H,1-4,9-10H2. The Kier molecular flexibility index (Phi) is 4.37. The molecule has 0 radical (unpaired) electrons. The van der Waals surface area contributed by atoms with E-state index in [1.807, 2.05) is 0 Å². The predicted octanol–water partition coefficient (Wildman–Crippen LogP) is 3.18. The van der Waals surface area contributed by atoms with Gasteiger partial charge in [-0.3, -0.25) is 0 Å². The van der Waals surface area contributed by atoms with E-state index in [9.17, 15) is 9.50 Å². The number of benzene rings is 1. The lowest BCUT2D eigenvalue weighted by Gasteiger charge is -2.16. The van der Waals surface area contributed by atoms with Crippen LogP contribution in [0, 0.1) is 11.7 Å². The minimum Gasteiger partial charge on any atom is -0.391 e. The van der Waals surface area contributed by atoms with E-state index >= 15 is 0 Å².